The lowest BCUT2D eigenvalue weighted by molar-refractivity contribution is 0.174. The summed E-state index contributed by atoms with van der Waals surface area (Å²) in [4.78, 5) is 6.88. The molecule has 3 aromatic carbocycles. The van der Waals surface area contributed by atoms with Crippen molar-refractivity contribution < 1.29 is 9.47 Å². The van der Waals surface area contributed by atoms with Gasteiger partial charge in [-0.3, -0.25) is 0 Å². The number of hydrogen-bond acceptors (Lipinski definition) is 6. The molecular weight excluding hydrogens is 400 g/mol. The minimum atomic E-state index is -0.108. The zero-order valence-corrected chi connectivity index (χ0v) is 18.2. The Morgan fingerprint density at radius 1 is 0.969 bits per heavy atom. The van der Waals surface area contributed by atoms with Gasteiger partial charge < -0.3 is 25.4 Å². The molecule has 5 rings (SSSR count). The number of fused-ring (bicyclic) bond motifs is 2. The highest BCUT2D eigenvalue weighted by Crippen LogP contribution is 2.34. The van der Waals surface area contributed by atoms with Gasteiger partial charge in [0, 0.05) is 43.0 Å². The van der Waals surface area contributed by atoms with Crippen LogP contribution in [0.5, 0.6) is 11.5 Å². The van der Waals surface area contributed by atoms with Gasteiger partial charge in [0.25, 0.3) is 0 Å². The number of nitrogens with one attached hydrogen (secondary N) is 1. The van der Waals surface area contributed by atoms with Crippen molar-refractivity contribution in [2.45, 2.75) is 12.5 Å². The Kier molecular flexibility index (Phi) is 5.29. The maximum Gasteiger partial charge on any atom is 0.231 e. The first-order chi connectivity index (χ1) is 15.6. The van der Waals surface area contributed by atoms with E-state index in [1.54, 1.807) is 0 Å². The second kappa shape index (κ2) is 8.40. The van der Waals surface area contributed by atoms with Crippen molar-refractivity contribution in [3.63, 3.8) is 0 Å². The second-order valence-corrected chi connectivity index (χ2v) is 8.18. The van der Waals surface area contributed by atoms with E-state index in [-0.39, 0.29) is 12.8 Å². The quantitative estimate of drug-likeness (QED) is 0.451. The van der Waals surface area contributed by atoms with Crippen LogP contribution < -0.4 is 25.4 Å². The normalized spacial score (nSPS) is 13.2. The van der Waals surface area contributed by atoms with Crippen molar-refractivity contribution in [1.29, 1.82) is 0 Å². The zero-order chi connectivity index (χ0) is 22.1. The van der Waals surface area contributed by atoms with E-state index in [2.05, 4.69) is 34.5 Å². The summed E-state index contributed by atoms with van der Waals surface area (Å²) in [5, 5.41) is 4.56. The molecule has 4 aromatic rings. The van der Waals surface area contributed by atoms with Crippen LogP contribution in [0.3, 0.4) is 0 Å². The molecule has 2 heterocycles. The summed E-state index contributed by atoms with van der Waals surface area (Å²) >= 11 is 0. The minimum absolute atomic E-state index is 0.108. The third kappa shape index (κ3) is 4.05. The minimum Gasteiger partial charge on any atom is -0.454 e. The van der Waals surface area contributed by atoms with Crippen molar-refractivity contribution in [1.82, 2.24) is 4.98 Å². The van der Waals surface area contributed by atoms with Crippen LogP contribution in [0.1, 0.15) is 17.2 Å². The first-order valence-electron chi connectivity index (χ1n) is 10.6. The van der Waals surface area contributed by atoms with Gasteiger partial charge in [-0.05, 0) is 47.9 Å². The maximum atomic E-state index is 6.48. The molecule has 0 spiro atoms. The van der Waals surface area contributed by atoms with Gasteiger partial charge in [0.15, 0.2) is 11.5 Å². The molecule has 1 aliphatic rings. The van der Waals surface area contributed by atoms with E-state index in [1.165, 1.54) is 0 Å². The molecule has 32 heavy (non-hydrogen) atoms. The van der Waals surface area contributed by atoms with Crippen LogP contribution in [0.15, 0.2) is 72.8 Å². The number of benzene rings is 3. The van der Waals surface area contributed by atoms with E-state index in [0.717, 1.165) is 57.1 Å². The number of anilines is 3. The summed E-state index contributed by atoms with van der Waals surface area (Å²) in [5.74, 6) is 2.39. The van der Waals surface area contributed by atoms with Crippen molar-refractivity contribution in [3.8, 4) is 11.5 Å². The summed E-state index contributed by atoms with van der Waals surface area (Å²) < 4.78 is 10.8. The number of nitrogens with two attached hydrogens (primary N) is 1. The van der Waals surface area contributed by atoms with Crippen LogP contribution in [0.2, 0.25) is 0 Å². The van der Waals surface area contributed by atoms with Gasteiger partial charge in [-0.1, -0.05) is 36.4 Å². The molecule has 0 radical (unpaired) electrons. The van der Waals surface area contributed by atoms with Gasteiger partial charge in [-0.25, -0.2) is 4.98 Å². The van der Waals surface area contributed by atoms with Gasteiger partial charge in [-0.15, -0.1) is 0 Å². The van der Waals surface area contributed by atoms with E-state index in [9.17, 15) is 0 Å². The largest absolute Gasteiger partial charge is 0.454 e. The third-order valence-corrected chi connectivity index (χ3v) is 5.68. The van der Waals surface area contributed by atoms with Crippen LogP contribution in [-0.4, -0.2) is 25.9 Å². The highest BCUT2D eigenvalue weighted by molar-refractivity contribution is 5.93. The lowest BCUT2D eigenvalue weighted by Crippen LogP contribution is -2.13. The number of hydrogen-bond donors (Lipinski definition) is 2. The van der Waals surface area contributed by atoms with E-state index >= 15 is 0 Å². The summed E-state index contributed by atoms with van der Waals surface area (Å²) in [6.07, 6.45) is 0.724. The highest BCUT2D eigenvalue weighted by Gasteiger charge is 2.15. The number of aromatic nitrogens is 1. The molecule has 0 fully saturated rings. The van der Waals surface area contributed by atoms with E-state index in [0.29, 0.717) is 0 Å². The zero-order valence-electron chi connectivity index (χ0n) is 18.2. The third-order valence-electron chi connectivity index (χ3n) is 5.68. The number of nitrogens with zero attached hydrogens (tertiary/aromatic N) is 2. The fourth-order valence-electron chi connectivity index (χ4n) is 3.99. The van der Waals surface area contributed by atoms with E-state index in [1.807, 2.05) is 62.6 Å². The molecule has 0 saturated carbocycles. The van der Waals surface area contributed by atoms with Gasteiger partial charge >= 0.3 is 0 Å². The average Bonchev–Trinajstić information content (AvgIpc) is 3.27. The van der Waals surface area contributed by atoms with Crippen LogP contribution in [0.4, 0.5) is 17.2 Å². The average molecular weight is 427 g/mol. The Bertz CT molecular complexity index is 1250. The van der Waals surface area contributed by atoms with Crippen LogP contribution >= 0.6 is 0 Å². The highest BCUT2D eigenvalue weighted by atomic mass is 16.7. The maximum absolute atomic E-state index is 6.48. The Morgan fingerprint density at radius 3 is 2.56 bits per heavy atom. The number of rotatable bonds is 6. The van der Waals surface area contributed by atoms with Gasteiger partial charge in [0.2, 0.25) is 6.79 Å². The summed E-state index contributed by atoms with van der Waals surface area (Å²) in [5.41, 5.74) is 11.7. The van der Waals surface area contributed by atoms with E-state index < -0.39 is 0 Å². The van der Waals surface area contributed by atoms with Gasteiger partial charge in [0.1, 0.15) is 5.82 Å². The fourth-order valence-corrected chi connectivity index (χ4v) is 3.99. The molecule has 1 unspecified atom stereocenters. The molecule has 1 aromatic heterocycles. The van der Waals surface area contributed by atoms with Crippen LogP contribution in [0, 0.1) is 0 Å². The molecule has 0 saturated heterocycles. The Labute approximate surface area is 187 Å². The lowest BCUT2D eigenvalue weighted by atomic mass is 9.99. The first kappa shape index (κ1) is 20.2. The molecule has 0 amide bonds. The van der Waals surface area contributed by atoms with Crippen molar-refractivity contribution >= 4 is 28.1 Å². The second-order valence-electron chi connectivity index (χ2n) is 8.18. The predicted octanol–water partition coefficient (Wildman–Crippen LogP) is 5.02. The number of pyridine rings is 1. The summed E-state index contributed by atoms with van der Waals surface area (Å²) in [6.45, 7) is 0.279. The molecule has 162 valence electrons. The molecule has 3 N–H and O–H groups in total. The van der Waals surface area contributed by atoms with Crippen molar-refractivity contribution in [2.75, 3.05) is 31.1 Å². The SMILES string of the molecule is CN(C)c1cc(Nc2ccc(C(N)Cc3ccc4c(c3)OCO4)cc2)nc2ccccc12. The van der Waals surface area contributed by atoms with E-state index in [4.69, 9.17) is 20.2 Å². The lowest BCUT2D eigenvalue weighted by Gasteiger charge is -2.18. The molecule has 1 atom stereocenters. The standard InChI is InChI=1S/C26H26N4O2/c1-30(2)23-15-26(29-22-6-4-3-5-20(22)23)28-19-10-8-18(9-11-19)21(27)13-17-7-12-24-25(14-17)32-16-31-24/h3-12,14-15,21H,13,16,27H2,1-2H3,(H,28,29). The monoisotopic (exact) mass is 426 g/mol. The van der Waals surface area contributed by atoms with Gasteiger partial charge in [0.05, 0.1) is 5.52 Å². The van der Waals surface area contributed by atoms with Gasteiger partial charge in [-0.2, -0.15) is 0 Å². The molecule has 1 aliphatic heterocycles. The smallest absolute Gasteiger partial charge is 0.231 e. The van der Waals surface area contributed by atoms with Crippen LogP contribution in [0.25, 0.3) is 10.9 Å². The molecular formula is C26H26N4O2. The number of para-hydroxylation sites is 1. The first-order valence-corrected chi connectivity index (χ1v) is 10.6. The Balaban J connectivity index is 1.31. The molecule has 0 aliphatic carbocycles. The predicted molar refractivity (Wildman–Crippen MR) is 129 cm³/mol. The topological polar surface area (TPSA) is 72.6 Å². The Morgan fingerprint density at radius 2 is 1.75 bits per heavy atom. The summed E-state index contributed by atoms with van der Waals surface area (Å²) in [6, 6.07) is 24.3. The Hall–Kier alpha value is -3.77. The molecule has 6 heteroatoms. The molecule has 6 nitrogen and oxygen atoms in total. The van der Waals surface area contributed by atoms with Crippen LogP contribution in [-0.2, 0) is 6.42 Å². The number of ether oxygens (including phenoxy) is 2. The fraction of sp³-hybridized carbons (Fsp3) is 0.192. The molecule has 0 bridgehead atoms. The summed E-state index contributed by atoms with van der Waals surface area (Å²) in [7, 11) is 4.09. The van der Waals surface area contributed by atoms with Crippen molar-refractivity contribution in [3.05, 3.63) is 83.9 Å². The van der Waals surface area contributed by atoms with Crippen molar-refractivity contribution in [2.24, 2.45) is 5.73 Å².